The first-order chi connectivity index (χ1) is 20.5. The van der Waals surface area contributed by atoms with Gasteiger partial charge in [0.1, 0.15) is 5.82 Å². The minimum atomic E-state index is -0.147. The van der Waals surface area contributed by atoms with Crippen molar-refractivity contribution in [2.24, 2.45) is 23.7 Å². The maximum Gasteiger partial charge on any atom is 0.155 e. The number of hydrogen-bond donors (Lipinski definition) is 0. The summed E-state index contributed by atoms with van der Waals surface area (Å²) < 4.78 is 14.9. The number of rotatable bonds is 11. The van der Waals surface area contributed by atoms with E-state index in [4.69, 9.17) is 5.26 Å². The lowest BCUT2D eigenvalue weighted by Crippen LogP contribution is -2.58. The highest BCUT2D eigenvalue weighted by molar-refractivity contribution is 5.89. The van der Waals surface area contributed by atoms with E-state index in [1.807, 2.05) is 24.3 Å². The van der Waals surface area contributed by atoms with Gasteiger partial charge < -0.3 is 14.7 Å². The molecule has 0 spiro atoms. The number of anilines is 1. The van der Waals surface area contributed by atoms with Crippen LogP contribution in [0.2, 0.25) is 0 Å². The van der Waals surface area contributed by atoms with Crippen molar-refractivity contribution in [1.29, 1.82) is 5.26 Å². The van der Waals surface area contributed by atoms with E-state index in [1.165, 1.54) is 18.2 Å². The first kappa shape index (κ1) is 29.1. The van der Waals surface area contributed by atoms with Crippen LogP contribution in [0.3, 0.4) is 0 Å². The van der Waals surface area contributed by atoms with Crippen LogP contribution in [-0.4, -0.2) is 67.9 Å². The number of carbonyl (C=O) groups excluding carboxylic acids is 1. The SMILES string of the molecule is C=CC(=O)C[C@H]1CCC[C@@H]1[C@](CN1CCC1)(c1cccc(F)c1)C1CCN(CC2CN(c3ccc(C#N)cc3)C2)CC1. The molecular weight excluding hydrogens is 523 g/mol. The number of nitrogens with zero attached hydrogens (tertiary/aromatic N) is 4. The molecule has 0 aromatic heterocycles. The van der Waals surface area contributed by atoms with Crippen LogP contribution >= 0.6 is 0 Å². The summed E-state index contributed by atoms with van der Waals surface area (Å²) in [6.45, 7) is 12.4. The number of carbonyl (C=O) groups is 1. The molecule has 3 aliphatic heterocycles. The third kappa shape index (κ3) is 5.92. The molecule has 42 heavy (non-hydrogen) atoms. The summed E-state index contributed by atoms with van der Waals surface area (Å²) in [5, 5.41) is 9.08. The van der Waals surface area contributed by atoms with Gasteiger partial charge in [0.15, 0.2) is 5.78 Å². The topological polar surface area (TPSA) is 50.6 Å². The standard InChI is InChI=1S/C36H45FN4O/c1-2-34(42)20-29-6-3-9-35(29)36(26-40-16-5-17-40,31-7-4-8-32(37)21-31)30-14-18-39(19-15-30)23-28-24-41(25-28)33-12-10-27(22-38)11-13-33/h2,4,7-8,10-13,21,28-30,35H,1,3,5-6,9,14-20,23-26H2/t29-,35+,36+/m1/s1. The second kappa shape index (κ2) is 12.7. The molecule has 4 aliphatic rings. The van der Waals surface area contributed by atoms with Gasteiger partial charge in [-0.25, -0.2) is 4.39 Å². The highest BCUT2D eigenvalue weighted by Crippen LogP contribution is 2.54. The van der Waals surface area contributed by atoms with E-state index in [0.717, 1.165) is 90.0 Å². The first-order valence-corrected chi connectivity index (χ1v) is 16.1. The first-order valence-electron chi connectivity index (χ1n) is 16.1. The predicted octanol–water partition coefficient (Wildman–Crippen LogP) is 6.05. The van der Waals surface area contributed by atoms with Gasteiger partial charge in [-0.15, -0.1) is 0 Å². The number of allylic oxidation sites excluding steroid dienone is 1. The zero-order valence-electron chi connectivity index (χ0n) is 24.9. The Morgan fingerprint density at radius 3 is 2.40 bits per heavy atom. The van der Waals surface area contributed by atoms with Crippen molar-refractivity contribution in [3.63, 3.8) is 0 Å². The Hall–Kier alpha value is -3.01. The Labute approximate surface area is 251 Å². The van der Waals surface area contributed by atoms with Crippen LogP contribution in [-0.2, 0) is 10.2 Å². The van der Waals surface area contributed by atoms with E-state index < -0.39 is 0 Å². The Balaban J connectivity index is 1.18. The number of piperidine rings is 1. The van der Waals surface area contributed by atoms with Gasteiger partial charge in [0.05, 0.1) is 11.6 Å². The second-order valence-corrected chi connectivity index (χ2v) is 13.4. The number of hydrogen-bond acceptors (Lipinski definition) is 5. The van der Waals surface area contributed by atoms with Crippen LogP contribution in [0.5, 0.6) is 0 Å². The van der Waals surface area contributed by atoms with Gasteiger partial charge in [0.2, 0.25) is 0 Å². The van der Waals surface area contributed by atoms with Gasteiger partial charge >= 0.3 is 0 Å². The summed E-state index contributed by atoms with van der Waals surface area (Å²) in [5.41, 5.74) is 2.93. The third-order valence-corrected chi connectivity index (χ3v) is 11.0. The molecule has 3 saturated heterocycles. The smallest absolute Gasteiger partial charge is 0.155 e. The van der Waals surface area contributed by atoms with Crippen molar-refractivity contribution in [1.82, 2.24) is 9.80 Å². The van der Waals surface area contributed by atoms with E-state index >= 15 is 0 Å². The molecule has 6 heteroatoms. The summed E-state index contributed by atoms with van der Waals surface area (Å²) >= 11 is 0. The molecule has 5 nitrogen and oxygen atoms in total. The highest BCUT2D eigenvalue weighted by atomic mass is 19.1. The van der Waals surface area contributed by atoms with Gasteiger partial charge in [-0.1, -0.05) is 25.1 Å². The van der Waals surface area contributed by atoms with Crippen molar-refractivity contribution >= 4 is 11.5 Å². The molecule has 1 aliphatic carbocycles. The minimum Gasteiger partial charge on any atom is -0.371 e. The molecular formula is C36H45FN4O. The van der Waals surface area contributed by atoms with Crippen LogP contribution in [0.25, 0.3) is 0 Å². The Morgan fingerprint density at radius 1 is 1.00 bits per heavy atom. The lowest BCUT2D eigenvalue weighted by Gasteiger charge is -2.54. The molecule has 3 atom stereocenters. The zero-order valence-corrected chi connectivity index (χ0v) is 24.9. The molecule has 0 N–H and O–H groups in total. The average Bonchev–Trinajstić information content (AvgIpc) is 3.43. The maximum atomic E-state index is 14.9. The Kier molecular flexibility index (Phi) is 8.79. The summed E-state index contributed by atoms with van der Waals surface area (Å²) in [6, 6.07) is 17.6. The average molecular weight is 569 g/mol. The van der Waals surface area contributed by atoms with E-state index in [9.17, 15) is 9.18 Å². The number of benzene rings is 2. The summed E-state index contributed by atoms with van der Waals surface area (Å²) in [5.74, 6) is 1.85. The summed E-state index contributed by atoms with van der Waals surface area (Å²) in [6.07, 6.45) is 8.89. The normalized spacial score (nSPS) is 25.3. The molecule has 4 fully saturated rings. The molecule has 0 radical (unpaired) electrons. The lowest BCUT2D eigenvalue weighted by molar-refractivity contribution is -0.116. The lowest BCUT2D eigenvalue weighted by atomic mass is 9.56. The van der Waals surface area contributed by atoms with Crippen molar-refractivity contribution in [3.8, 4) is 6.07 Å². The van der Waals surface area contributed by atoms with E-state index in [1.54, 1.807) is 6.07 Å². The molecule has 1 saturated carbocycles. The molecule has 3 heterocycles. The van der Waals surface area contributed by atoms with Crippen LogP contribution in [0, 0.1) is 40.8 Å². The van der Waals surface area contributed by atoms with Gasteiger partial charge in [0, 0.05) is 49.6 Å². The summed E-state index contributed by atoms with van der Waals surface area (Å²) in [7, 11) is 0. The van der Waals surface area contributed by atoms with Crippen LogP contribution in [0.4, 0.5) is 10.1 Å². The molecule has 222 valence electrons. The van der Waals surface area contributed by atoms with Gasteiger partial charge in [-0.3, -0.25) is 4.79 Å². The number of nitriles is 1. The monoisotopic (exact) mass is 568 g/mol. The molecule has 0 amide bonds. The molecule has 2 aromatic rings. The van der Waals surface area contributed by atoms with E-state index in [2.05, 4.69) is 45.5 Å². The van der Waals surface area contributed by atoms with Crippen LogP contribution in [0.15, 0.2) is 61.2 Å². The molecule has 6 rings (SSSR count). The van der Waals surface area contributed by atoms with Gasteiger partial charge in [-0.05, 0) is 124 Å². The Morgan fingerprint density at radius 2 is 1.76 bits per heavy atom. The number of likely N-dealkylation sites (tertiary alicyclic amines) is 2. The van der Waals surface area contributed by atoms with Gasteiger partial charge in [0.25, 0.3) is 0 Å². The van der Waals surface area contributed by atoms with E-state index in [0.29, 0.717) is 35.7 Å². The van der Waals surface area contributed by atoms with Crippen molar-refractivity contribution < 1.29 is 9.18 Å². The molecule has 2 aromatic carbocycles. The predicted molar refractivity (Wildman–Crippen MR) is 166 cm³/mol. The van der Waals surface area contributed by atoms with Crippen LogP contribution in [0.1, 0.15) is 56.1 Å². The highest BCUT2D eigenvalue weighted by Gasteiger charge is 2.52. The van der Waals surface area contributed by atoms with Crippen molar-refractivity contribution in [2.45, 2.75) is 50.4 Å². The quantitative estimate of drug-likeness (QED) is 0.309. The number of ketones is 1. The van der Waals surface area contributed by atoms with Crippen molar-refractivity contribution in [3.05, 3.63) is 78.1 Å². The molecule has 0 bridgehead atoms. The van der Waals surface area contributed by atoms with Crippen LogP contribution < -0.4 is 4.90 Å². The summed E-state index contributed by atoms with van der Waals surface area (Å²) in [4.78, 5) is 20.3. The fourth-order valence-corrected chi connectivity index (χ4v) is 8.72. The fourth-order valence-electron chi connectivity index (χ4n) is 8.72. The zero-order chi connectivity index (χ0) is 29.1. The Bertz CT molecular complexity index is 1290. The third-order valence-electron chi connectivity index (χ3n) is 11.0. The maximum absolute atomic E-state index is 14.9. The second-order valence-electron chi connectivity index (χ2n) is 13.4. The largest absolute Gasteiger partial charge is 0.371 e. The van der Waals surface area contributed by atoms with Gasteiger partial charge in [-0.2, -0.15) is 5.26 Å². The minimum absolute atomic E-state index is 0.139. The molecule has 0 unspecified atom stereocenters. The fraction of sp³-hybridized carbons (Fsp3) is 0.556. The number of halogens is 1. The van der Waals surface area contributed by atoms with Crippen molar-refractivity contribution in [2.75, 3.05) is 57.3 Å². The van der Waals surface area contributed by atoms with E-state index in [-0.39, 0.29) is 17.0 Å².